The molecule has 1 aromatic carbocycles. The van der Waals surface area contributed by atoms with Crippen LogP contribution >= 0.6 is 23.1 Å². The number of hydrogen-bond acceptors (Lipinski definition) is 5. The lowest BCUT2D eigenvalue weighted by atomic mass is 10.1. The first-order chi connectivity index (χ1) is 12.9. The number of quaternary nitrogens is 1. The molecule has 1 unspecified atom stereocenters. The van der Waals surface area contributed by atoms with E-state index in [1.54, 1.807) is 15.9 Å². The monoisotopic (exact) mass is 401 g/mol. The molecular formula is C19H21N4O2S2+. The van der Waals surface area contributed by atoms with Gasteiger partial charge in [0.15, 0.2) is 5.16 Å². The quantitative estimate of drug-likeness (QED) is 0.503. The van der Waals surface area contributed by atoms with E-state index in [1.807, 2.05) is 31.2 Å². The highest BCUT2D eigenvalue weighted by Crippen LogP contribution is 2.31. The van der Waals surface area contributed by atoms with Gasteiger partial charge in [-0.2, -0.15) is 0 Å². The van der Waals surface area contributed by atoms with E-state index in [2.05, 4.69) is 7.05 Å². The number of fused-ring (bicyclic) bond motifs is 3. The van der Waals surface area contributed by atoms with Gasteiger partial charge in [-0.15, -0.1) is 11.3 Å². The molecule has 2 aromatic heterocycles. The SMILES string of the molecule is Cc1cccc(-n2c(SCC(N)=O)nc3sc4c(c3c2=O)CC[NH+](C)C4)c1. The summed E-state index contributed by atoms with van der Waals surface area (Å²) in [6, 6.07) is 7.76. The minimum absolute atomic E-state index is 0.0605. The number of primary amides is 1. The molecule has 1 amide bonds. The van der Waals surface area contributed by atoms with E-state index in [1.165, 1.54) is 21.5 Å². The lowest BCUT2D eigenvalue weighted by Gasteiger charge is -2.19. The summed E-state index contributed by atoms with van der Waals surface area (Å²) in [7, 11) is 2.17. The largest absolute Gasteiger partial charge is 0.369 e. The molecule has 0 saturated heterocycles. The van der Waals surface area contributed by atoms with Crippen LogP contribution in [0.3, 0.4) is 0 Å². The van der Waals surface area contributed by atoms with Gasteiger partial charge < -0.3 is 10.6 Å². The lowest BCUT2D eigenvalue weighted by molar-refractivity contribution is -0.895. The van der Waals surface area contributed by atoms with Crippen LogP contribution in [-0.2, 0) is 17.8 Å². The van der Waals surface area contributed by atoms with Crippen molar-refractivity contribution < 1.29 is 9.69 Å². The Morgan fingerprint density at radius 3 is 3.00 bits per heavy atom. The molecule has 8 heteroatoms. The Kier molecular flexibility index (Phi) is 4.79. The van der Waals surface area contributed by atoms with Crippen LogP contribution in [0.25, 0.3) is 15.9 Å². The first kappa shape index (κ1) is 18.2. The predicted octanol–water partition coefficient (Wildman–Crippen LogP) is 0.904. The zero-order valence-corrected chi connectivity index (χ0v) is 16.9. The maximum atomic E-state index is 13.5. The molecule has 27 heavy (non-hydrogen) atoms. The molecule has 4 rings (SSSR count). The normalized spacial score (nSPS) is 16.4. The number of carbonyl (C=O) groups is 1. The van der Waals surface area contributed by atoms with Crippen molar-refractivity contribution in [2.75, 3.05) is 19.3 Å². The molecule has 6 nitrogen and oxygen atoms in total. The molecule has 0 spiro atoms. The Morgan fingerprint density at radius 2 is 2.26 bits per heavy atom. The molecule has 0 saturated carbocycles. The molecule has 1 aliphatic rings. The minimum Gasteiger partial charge on any atom is -0.369 e. The molecule has 0 fully saturated rings. The van der Waals surface area contributed by atoms with Gasteiger partial charge in [0.1, 0.15) is 11.4 Å². The average Bonchev–Trinajstić information content (AvgIpc) is 2.97. The van der Waals surface area contributed by atoms with Gasteiger partial charge in [0.25, 0.3) is 5.56 Å². The number of aromatic nitrogens is 2. The third-order valence-electron chi connectivity index (χ3n) is 4.75. The molecule has 0 aliphatic carbocycles. The van der Waals surface area contributed by atoms with Gasteiger partial charge >= 0.3 is 0 Å². The highest BCUT2D eigenvalue weighted by atomic mass is 32.2. The fraction of sp³-hybridized carbons (Fsp3) is 0.316. The number of nitrogens with one attached hydrogen (secondary N) is 1. The van der Waals surface area contributed by atoms with Crippen LogP contribution in [0.5, 0.6) is 0 Å². The molecule has 1 atom stereocenters. The Balaban J connectivity index is 1.97. The number of aryl methyl sites for hydroxylation is 1. The fourth-order valence-corrected chi connectivity index (χ4v) is 5.59. The van der Waals surface area contributed by atoms with Crippen LogP contribution in [0.4, 0.5) is 0 Å². The van der Waals surface area contributed by atoms with Crippen LogP contribution in [0.2, 0.25) is 0 Å². The summed E-state index contributed by atoms with van der Waals surface area (Å²) in [5.41, 5.74) is 8.23. The van der Waals surface area contributed by atoms with Crippen LogP contribution in [0, 0.1) is 6.92 Å². The number of nitrogens with two attached hydrogens (primary N) is 1. The second-order valence-corrected chi connectivity index (χ2v) is 8.97. The van der Waals surface area contributed by atoms with Crippen LogP contribution in [0.1, 0.15) is 16.0 Å². The van der Waals surface area contributed by atoms with Crippen molar-refractivity contribution in [3.8, 4) is 5.69 Å². The van der Waals surface area contributed by atoms with Crippen molar-refractivity contribution >= 4 is 39.2 Å². The number of amides is 1. The van der Waals surface area contributed by atoms with Crippen molar-refractivity contribution in [2.24, 2.45) is 5.73 Å². The lowest BCUT2D eigenvalue weighted by Crippen LogP contribution is -3.08. The molecule has 140 valence electrons. The average molecular weight is 402 g/mol. The van der Waals surface area contributed by atoms with Crippen LogP contribution in [-0.4, -0.2) is 34.8 Å². The Morgan fingerprint density at radius 1 is 1.44 bits per heavy atom. The molecular weight excluding hydrogens is 380 g/mol. The molecule has 0 radical (unpaired) electrons. The van der Waals surface area contributed by atoms with E-state index in [0.717, 1.165) is 46.5 Å². The van der Waals surface area contributed by atoms with Crippen molar-refractivity contribution in [1.29, 1.82) is 0 Å². The maximum absolute atomic E-state index is 13.5. The fourth-order valence-electron chi connectivity index (χ4n) is 3.47. The second kappa shape index (κ2) is 7.10. The summed E-state index contributed by atoms with van der Waals surface area (Å²) in [5, 5.41) is 1.24. The number of nitrogens with zero attached hydrogens (tertiary/aromatic N) is 2. The van der Waals surface area contributed by atoms with Crippen LogP contribution in [0.15, 0.2) is 34.2 Å². The highest BCUT2D eigenvalue weighted by molar-refractivity contribution is 7.99. The van der Waals surface area contributed by atoms with Gasteiger partial charge in [-0.3, -0.25) is 14.2 Å². The zero-order chi connectivity index (χ0) is 19.1. The third-order valence-corrected chi connectivity index (χ3v) is 6.83. The zero-order valence-electron chi connectivity index (χ0n) is 15.2. The second-order valence-electron chi connectivity index (χ2n) is 6.95. The molecule has 0 bridgehead atoms. The standard InChI is InChI=1S/C19H20N4O2S2/c1-11-4-3-5-12(8-11)23-18(25)16-13-6-7-22(2)9-14(13)27-17(16)21-19(23)26-10-15(20)24/h3-5,8H,6-7,9-10H2,1-2H3,(H2,20,24)/p+1. The summed E-state index contributed by atoms with van der Waals surface area (Å²) in [5.74, 6) is -0.345. The third kappa shape index (κ3) is 3.40. The van der Waals surface area contributed by atoms with Gasteiger partial charge in [-0.05, 0) is 30.2 Å². The number of carbonyl (C=O) groups excluding carboxylic acids is 1. The minimum atomic E-state index is -0.430. The first-order valence-electron chi connectivity index (χ1n) is 8.81. The molecule has 3 heterocycles. The van der Waals surface area contributed by atoms with Gasteiger partial charge in [0, 0.05) is 6.42 Å². The Labute approximate surface area is 165 Å². The summed E-state index contributed by atoms with van der Waals surface area (Å²) >= 11 is 2.81. The number of hydrogen-bond donors (Lipinski definition) is 2. The van der Waals surface area contributed by atoms with Crippen LogP contribution < -0.4 is 16.2 Å². The maximum Gasteiger partial charge on any atom is 0.267 e. The highest BCUT2D eigenvalue weighted by Gasteiger charge is 2.26. The van der Waals surface area contributed by atoms with Crippen molar-refractivity contribution in [3.63, 3.8) is 0 Å². The van der Waals surface area contributed by atoms with E-state index >= 15 is 0 Å². The van der Waals surface area contributed by atoms with Gasteiger partial charge in [0.2, 0.25) is 5.91 Å². The summed E-state index contributed by atoms with van der Waals surface area (Å²) < 4.78 is 1.63. The number of rotatable bonds is 4. The van der Waals surface area contributed by atoms with E-state index in [-0.39, 0.29) is 11.3 Å². The summed E-state index contributed by atoms with van der Waals surface area (Å²) in [4.78, 5) is 33.0. The number of likely N-dealkylation sites (N-methyl/N-ethyl adjacent to an activating group) is 1. The van der Waals surface area contributed by atoms with Gasteiger partial charge in [0.05, 0.1) is 35.3 Å². The first-order valence-corrected chi connectivity index (χ1v) is 10.6. The molecule has 1 aliphatic heterocycles. The smallest absolute Gasteiger partial charge is 0.267 e. The van der Waals surface area contributed by atoms with E-state index < -0.39 is 5.91 Å². The van der Waals surface area contributed by atoms with Crippen molar-refractivity contribution in [1.82, 2.24) is 9.55 Å². The topological polar surface area (TPSA) is 82.4 Å². The Hall–Kier alpha value is -2.16. The van der Waals surface area contributed by atoms with Crippen molar-refractivity contribution in [3.05, 3.63) is 50.6 Å². The van der Waals surface area contributed by atoms with Crippen molar-refractivity contribution in [2.45, 2.75) is 25.0 Å². The number of benzene rings is 1. The van der Waals surface area contributed by atoms with E-state index in [0.29, 0.717) is 5.16 Å². The number of thiophene rings is 1. The molecule has 3 aromatic rings. The summed E-state index contributed by atoms with van der Waals surface area (Å²) in [6.45, 7) is 3.92. The van der Waals surface area contributed by atoms with Gasteiger partial charge in [-0.1, -0.05) is 23.9 Å². The Bertz CT molecular complexity index is 1100. The van der Waals surface area contributed by atoms with E-state index in [4.69, 9.17) is 10.7 Å². The molecule has 3 N–H and O–H groups in total. The van der Waals surface area contributed by atoms with E-state index in [9.17, 15) is 9.59 Å². The van der Waals surface area contributed by atoms with Gasteiger partial charge in [-0.25, -0.2) is 4.98 Å². The number of thioether (sulfide) groups is 1. The summed E-state index contributed by atoms with van der Waals surface area (Å²) in [6.07, 6.45) is 0.889. The predicted molar refractivity (Wildman–Crippen MR) is 109 cm³/mol.